The number of nitrogens with zero attached hydrogens (tertiary/aromatic N) is 2. The minimum absolute atomic E-state index is 0.135. The van der Waals surface area contributed by atoms with Gasteiger partial charge in [0.1, 0.15) is 12.4 Å². The number of ether oxygens (including phenoxy) is 1. The summed E-state index contributed by atoms with van der Waals surface area (Å²) >= 11 is 5.81. The summed E-state index contributed by atoms with van der Waals surface area (Å²) in [7, 11) is 0. The Morgan fingerprint density at radius 2 is 2.22 bits per heavy atom. The molecule has 0 saturated heterocycles. The number of halogens is 2. The Hall–Kier alpha value is -1.55. The SMILES string of the molecule is CC(C)n1cc(OCc2cc(Cl)ccc2F)cn1. The van der Waals surface area contributed by atoms with E-state index in [4.69, 9.17) is 16.3 Å². The second-order valence-corrected chi connectivity index (χ2v) is 4.71. The van der Waals surface area contributed by atoms with Crippen LogP contribution in [-0.2, 0) is 6.61 Å². The maximum absolute atomic E-state index is 13.4. The summed E-state index contributed by atoms with van der Waals surface area (Å²) in [5.74, 6) is 0.290. The second kappa shape index (κ2) is 5.40. The minimum Gasteiger partial charge on any atom is -0.486 e. The topological polar surface area (TPSA) is 27.1 Å². The molecule has 1 aromatic carbocycles. The van der Waals surface area contributed by atoms with Crippen LogP contribution in [-0.4, -0.2) is 9.78 Å². The molecule has 0 aliphatic rings. The van der Waals surface area contributed by atoms with E-state index < -0.39 is 0 Å². The van der Waals surface area contributed by atoms with E-state index in [9.17, 15) is 4.39 Å². The van der Waals surface area contributed by atoms with Gasteiger partial charge in [0.2, 0.25) is 0 Å². The van der Waals surface area contributed by atoms with Crippen molar-refractivity contribution < 1.29 is 9.13 Å². The molecule has 0 bridgehead atoms. The molecule has 5 heteroatoms. The van der Waals surface area contributed by atoms with Crippen LogP contribution in [0.3, 0.4) is 0 Å². The van der Waals surface area contributed by atoms with E-state index >= 15 is 0 Å². The summed E-state index contributed by atoms with van der Waals surface area (Å²) in [6.07, 6.45) is 3.40. The molecule has 1 aromatic heterocycles. The molecule has 0 aliphatic heterocycles. The van der Waals surface area contributed by atoms with Crippen LogP contribution in [0, 0.1) is 5.82 Å². The van der Waals surface area contributed by atoms with E-state index in [0.29, 0.717) is 16.3 Å². The molecule has 1 heterocycles. The zero-order valence-corrected chi connectivity index (χ0v) is 11.0. The van der Waals surface area contributed by atoms with Crippen LogP contribution >= 0.6 is 11.6 Å². The average molecular weight is 269 g/mol. The number of hydrogen-bond acceptors (Lipinski definition) is 2. The first-order chi connectivity index (χ1) is 8.56. The van der Waals surface area contributed by atoms with Gasteiger partial charge in [0, 0.05) is 16.6 Å². The van der Waals surface area contributed by atoms with Crippen molar-refractivity contribution in [3.05, 3.63) is 47.0 Å². The van der Waals surface area contributed by atoms with Gasteiger partial charge in [-0.25, -0.2) is 4.39 Å². The molecular formula is C13H14ClFN2O. The largest absolute Gasteiger partial charge is 0.486 e. The molecule has 0 N–H and O–H groups in total. The van der Waals surface area contributed by atoms with Gasteiger partial charge in [-0.05, 0) is 32.0 Å². The van der Waals surface area contributed by atoms with Crippen molar-refractivity contribution in [1.82, 2.24) is 9.78 Å². The van der Waals surface area contributed by atoms with E-state index in [1.54, 1.807) is 23.1 Å². The normalized spacial score (nSPS) is 10.9. The number of rotatable bonds is 4. The van der Waals surface area contributed by atoms with Crippen molar-refractivity contribution in [2.45, 2.75) is 26.5 Å². The van der Waals surface area contributed by atoms with Crippen LogP contribution in [0.5, 0.6) is 5.75 Å². The molecular weight excluding hydrogens is 255 g/mol. The molecule has 96 valence electrons. The Labute approximate surface area is 110 Å². The Kier molecular flexibility index (Phi) is 3.87. The van der Waals surface area contributed by atoms with Gasteiger partial charge < -0.3 is 4.74 Å². The summed E-state index contributed by atoms with van der Waals surface area (Å²) in [5, 5.41) is 4.63. The fourth-order valence-corrected chi connectivity index (χ4v) is 1.69. The molecule has 0 aliphatic carbocycles. The lowest BCUT2D eigenvalue weighted by Gasteiger charge is -2.06. The molecule has 0 amide bonds. The van der Waals surface area contributed by atoms with Gasteiger partial charge in [-0.3, -0.25) is 4.68 Å². The monoisotopic (exact) mass is 268 g/mol. The van der Waals surface area contributed by atoms with Gasteiger partial charge in [-0.2, -0.15) is 5.10 Å². The van der Waals surface area contributed by atoms with Gasteiger partial charge in [0.15, 0.2) is 5.75 Å². The van der Waals surface area contributed by atoms with Gasteiger partial charge >= 0.3 is 0 Å². The highest BCUT2D eigenvalue weighted by Gasteiger charge is 2.06. The fourth-order valence-electron chi connectivity index (χ4n) is 1.49. The molecule has 3 nitrogen and oxygen atoms in total. The maximum atomic E-state index is 13.4. The summed E-state index contributed by atoms with van der Waals surface area (Å²) in [6, 6.07) is 4.67. The molecule has 2 rings (SSSR count). The third-order valence-corrected chi connectivity index (χ3v) is 2.74. The van der Waals surface area contributed by atoms with E-state index in [0.717, 1.165) is 0 Å². The predicted octanol–water partition coefficient (Wildman–Crippen LogP) is 3.84. The van der Waals surface area contributed by atoms with Crippen molar-refractivity contribution in [2.24, 2.45) is 0 Å². The lowest BCUT2D eigenvalue weighted by atomic mass is 10.2. The quantitative estimate of drug-likeness (QED) is 0.842. The Bertz CT molecular complexity index is 540. The van der Waals surface area contributed by atoms with Gasteiger partial charge in [-0.15, -0.1) is 0 Å². The third-order valence-electron chi connectivity index (χ3n) is 2.51. The maximum Gasteiger partial charge on any atom is 0.157 e. The molecule has 2 aromatic rings. The Morgan fingerprint density at radius 1 is 1.44 bits per heavy atom. The minimum atomic E-state index is -0.323. The molecule has 0 atom stereocenters. The average Bonchev–Trinajstić information content (AvgIpc) is 2.79. The van der Waals surface area contributed by atoms with Crippen LogP contribution in [0.25, 0.3) is 0 Å². The van der Waals surface area contributed by atoms with E-state index in [1.165, 1.54) is 12.1 Å². The predicted molar refractivity (Wildman–Crippen MR) is 68.4 cm³/mol. The van der Waals surface area contributed by atoms with Crippen molar-refractivity contribution >= 4 is 11.6 Å². The highest BCUT2D eigenvalue weighted by molar-refractivity contribution is 6.30. The van der Waals surface area contributed by atoms with Crippen LogP contribution in [0.15, 0.2) is 30.6 Å². The molecule has 18 heavy (non-hydrogen) atoms. The van der Waals surface area contributed by atoms with Gasteiger partial charge in [0.05, 0.1) is 12.4 Å². The zero-order valence-electron chi connectivity index (χ0n) is 10.2. The van der Waals surface area contributed by atoms with Crippen molar-refractivity contribution in [2.75, 3.05) is 0 Å². The number of benzene rings is 1. The highest BCUT2D eigenvalue weighted by Crippen LogP contribution is 2.18. The standard InChI is InChI=1S/C13H14ClFN2O/c1-9(2)17-7-12(6-16-17)18-8-10-5-11(14)3-4-13(10)15/h3-7,9H,8H2,1-2H3. The van der Waals surface area contributed by atoms with Crippen LogP contribution < -0.4 is 4.74 Å². The van der Waals surface area contributed by atoms with E-state index in [2.05, 4.69) is 5.10 Å². The highest BCUT2D eigenvalue weighted by atomic mass is 35.5. The first-order valence-electron chi connectivity index (χ1n) is 5.67. The van der Waals surface area contributed by atoms with Crippen molar-refractivity contribution in [3.8, 4) is 5.75 Å². The molecule has 0 spiro atoms. The lowest BCUT2D eigenvalue weighted by Crippen LogP contribution is -2.00. The van der Waals surface area contributed by atoms with E-state index in [1.807, 2.05) is 13.8 Å². The molecule has 0 fully saturated rings. The third kappa shape index (κ3) is 3.01. The smallest absolute Gasteiger partial charge is 0.157 e. The van der Waals surface area contributed by atoms with E-state index in [-0.39, 0.29) is 18.5 Å². The Morgan fingerprint density at radius 3 is 2.89 bits per heavy atom. The summed E-state index contributed by atoms with van der Waals surface area (Å²) < 4.78 is 20.7. The van der Waals surface area contributed by atoms with Gasteiger partial charge in [-0.1, -0.05) is 11.6 Å². The summed E-state index contributed by atoms with van der Waals surface area (Å²) in [6.45, 7) is 4.18. The van der Waals surface area contributed by atoms with Crippen LogP contribution in [0.1, 0.15) is 25.5 Å². The Balaban J connectivity index is 2.04. The van der Waals surface area contributed by atoms with Gasteiger partial charge in [0.25, 0.3) is 0 Å². The second-order valence-electron chi connectivity index (χ2n) is 4.27. The molecule has 0 unspecified atom stereocenters. The number of aromatic nitrogens is 2. The van der Waals surface area contributed by atoms with Crippen LogP contribution in [0.2, 0.25) is 5.02 Å². The summed E-state index contributed by atoms with van der Waals surface area (Å²) in [5.41, 5.74) is 0.430. The van der Waals surface area contributed by atoms with Crippen molar-refractivity contribution in [3.63, 3.8) is 0 Å². The lowest BCUT2D eigenvalue weighted by molar-refractivity contribution is 0.299. The first-order valence-corrected chi connectivity index (χ1v) is 6.05. The zero-order chi connectivity index (χ0) is 13.1. The van der Waals surface area contributed by atoms with Crippen molar-refractivity contribution in [1.29, 1.82) is 0 Å². The molecule has 0 radical (unpaired) electrons. The first kappa shape index (κ1) is 12.9. The number of hydrogen-bond donors (Lipinski definition) is 0. The summed E-state index contributed by atoms with van der Waals surface area (Å²) in [4.78, 5) is 0. The molecule has 0 saturated carbocycles. The fraction of sp³-hybridized carbons (Fsp3) is 0.308. The van der Waals surface area contributed by atoms with Crippen LogP contribution in [0.4, 0.5) is 4.39 Å².